The molecule has 0 heterocycles. The Bertz CT molecular complexity index is 377. The van der Waals surface area contributed by atoms with Crippen molar-refractivity contribution in [1.29, 1.82) is 0 Å². The second-order valence-corrected chi connectivity index (χ2v) is 9.33. The van der Waals surface area contributed by atoms with Crippen molar-refractivity contribution in [3.05, 3.63) is 24.3 Å². The highest BCUT2D eigenvalue weighted by Gasteiger charge is 2.02. The summed E-state index contributed by atoms with van der Waals surface area (Å²) in [6.45, 7) is 6.17. The third-order valence-corrected chi connectivity index (χ3v) is 6.00. The van der Waals surface area contributed by atoms with E-state index in [4.69, 9.17) is 10.5 Å². The third kappa shape index (κ3) is 27.4. The molecule has 2 nitrogen and oxygen atoms in total. The SMILES string of the molecule is CCCCC/C=C/C/C=C/CCCCCCCCCC(N)COCCCCCCCC. The Balaban J connectivity index is 3.22. The Hall–Kier alpha value is -0.600. The number of hydrogen-bond acceptors (Lipinski definition) is 2. The van der Waals surface area contributed by atoms with Crippen molar-refractivity contribution in [3.8, 4) is 0 Å². The van der Waals surface area contributed by atoms with Crippen molar-refractivity contribution in [1.82, 2.24) is 0 Å². The van der Waals surface area contributed by atoms with Crippen LogP contribution in [0, 0.1) is 0 Å². The van der Waals surface area contributed by atoms with E-state index in [1.807, 2.05) is 0 Å². The van der Waals surface area contributed by atoms with Gasteiger partial charge in [0.1, 0.15) is 0 Å². The summed E-state index contributed by atoms with van der Waals surface area (Å²) in [5.74, 6) is 0. The summed E-state index contributed by atoms with van der Waals surface area (Å²) in [6.07, 6.45) is 35.5. The molecule has 0 saturated heterocycles. The molecular formula is C29H57NO. The third-order valence-electron chi connectivity index (χ3n) is 6.00. The summed E-state index contributed by atoms with van der Waals surface area (Å²) in [4.78, 5) is 0. The molecule has 0 aliphatic carbocycles. The zero-order valence-corrected chi connectivity index (χ0v) is 21.4. The highest BCUT2D eigenvalue weighted by molar-refractivity contribution is 4.92. The monoisotopic (exact) mass is 435 g/mol. The predicted molar refractivity (Wildman–Crippen MR) is 141 cm³/mol. The van der Waals surface area contributed by atoms with Crippen molar-refractivity contribution in [2.45, 2.75) is 148 Å². The van der Waals surface area contributed by atoms with E-state index < -0.39 is 0 Å². The van der Waals surface area contributed by atoms with Gasteiger partial charge in [0.2, 0.25) is 0 Å². The van der Waals surface area contributed by atoms with Crippen molar-refractivity contribution < 1.29 is 4.74 Å². The first-order chi connectivity index (χ1) is 15.3. The first kappa shape index (κ1) is 30.4. The molecule has 0 radical (unpaired) electrons. The molecule has 0 aromatic rings. The molecule has 0 aliphatic heterocycles. The molecule has 1 unspecified atom stereocenters. The number of allylic oxidation sites excluding steroid dienone is 4. The van der Waals surface area contributed by atoms with Crippen LogP contribution >= 0.6 is 0 Å². The molecule has 2 N–H and O–H groups in total. The number of hydrogen-bond donors (Lipinski definition) is 1. The molecule has 0 saturated carbocycles. The van der Waals surface area contributed by atoms with E-state index in [2.05, 4.69) is 38.2 Å². The van der Waals surface area contributed by atoms with Crippen LogP contribution in [0.1, 0.15) is 142 Å². The summed E-state index contributed by atoms with van der Waals surface area (Å²) in [5, 5.41) is 0. The molecule has 0 spiro atoms. The fourth-order valence-electron chi connectivity index (χ4n) is 3.87. The molecule has 0 rings (SSSR count). The van der Waals surface area contributed by atoms with E-state index in [9.17, 15) is 0 Å². The standard InChI is InChI=1S/C29H57NO/c1-3-5-7-9-11-12-13-14-15-16-17-18-19-20-21-22-24-26-29(30)28-31-27-25-23-10-8-6-4-2/h11-12,14-15,29H,3-10,13,16-28,30H2,1-2H3/b12-11+,15-14+. The molecule has 2 heteroatoms. The minimum atomic E-state index is 0.234. The average Bonchev–Trinajstić information content (AvgIpc) is 2.77. The lowest BCUT2D eigenvalue weighted by molar-refractivity contribution is 0.114. The minimum absolute atomic E-state index is 0.234. The van der Waals surface area contributed by atoms with E-state index >= 15 is 0 Å². The molecule has 0 aromatic carbocycles. The number of rotatable bonds is 25. The Morgan fingerprint density at radius 3 is 1.71 bits per heavy atom. The van der Waals surface area contributed by atoms with Crippen LogP contribution in [0.3, 0.4) is 0 Å². The van der Waals surface area contributed by atoms with Crippen LogP contribution in [-0.4, -0.2) is 19.3 Å². The van der Waals surface area contributed by atoms with Crippen molar-refractivity contribution >= 4 is 0 Å². The van der Waals surface area contributed by atoms with Crippen LogP contribution in [0.4, 0.5) is 0 Å². The largest absolute Gasteiger partial charge is 0.380 e. The molecule has 0 bridgehead atoms. The molecule has 184 valence electrons. The lowest BCUT2D eigenvalue weighted by Gasteiger charge is -2.12. The van der Waals surface area contributed by atoms with E-state index in [-0.39, 0.29) is 6.04 Å². The highest BCUT2D eigenvalue weighted by Crippen LogP contribution is 2.11. The number of unbranched alkanes of at least 4 members (excludes halogenated alkanes) is 15. The van der Waals surface area contributed by atoms with Crippen molar-refractivity contribution in [2.24, 2.45) is 5.73 Å². The average molecular weight is 436 g/mol. The zero-order valence-electron chi connectivity index (χ0n) is 21.4. The van der Waals surface area contributed by atoms with Crippen LogP contribution in [0.15, 0.2) is 24.3 Å². The number of nitrogens with two attached hydrogens (primary N) is 1. The van der Waals surface area contributed by atoms with Gasteiger partial charge in [-0.3, -0.25) is 0 Å². The Labute approximate surface area is 196 Å². The molecule has 31 heavy (non-hydrogen) atoms. The van der Waals surface area contributed by atoms with E-state index in [0.717, 1.165) is 26.1 Å². The molecular weight excluding hydrogens is 378 g/mol. The molecule has 0 aromatic heterocycles. The molecule has 0 amide bonds. The van der Waals surface area contributed by atoms with Gasteiger partial charge >= 0.3 is 0 Å². The first-order valence-corrected chi connectivity index (χ1v) is 13.9. The maximum atomic E-state index is 6.18. The second kappa shape index (κ2) is 27.4. The quantitative estimate of drug-likeness (QED) is 0.114. The second-order valence-electron chi connectivity index (χ2n) is 9.33. The van der Waals surface area contributed by atoms with Crippen LogP contribution < -0.4 is 5.73 Å². The van der Waals surface area contributed by atoms with Gasteiger partial charge in [0.15, 0.2) is 0 Å². The van der Waals surface area contributed by atoms with Gasteiger partial charge in [-0.1, -0.05) is 122 Å². The molecule has 1 atom stereocenters. The first-order valence-electron chi connectivity index (χ1n) is 13.9. The summed E-state index contributed by atoms with van der Waals surface area (Å²) >= 11 is 0. The lowest BCUT2D eigenvalue weighted by Crippen LogP contribution is -2.26. The summed E-state index contributed by atoms with van der Waals surface area (Å²) < 4.78 is 5.75. The maximum absolute atomic E-state index is 6.18. The van der Waals surface area contributed by atoms with Crippen LogP contribution in [0.2, 0.25) is 0 Å². The van der Waals surface area contributed by atoms with Crippen LogP contribution in [-0.2, 0) is 4.74 Å². The van der Waals surface area contributed by atoms with Gasteiger partial charge in [-0.15, -0.1) is 0 Å². The maximum Gasteiger partial charge on any atom is 0.0617 e. The topological polar surface area (TPSA) is 35.2 Å². The zero-order chi connectivity index (χ0) is 22.7. The minimum Gasteiger partial charge on any atom is -0.380 e. The number of ether oxygens (including phenoxy) is 1. The van der Waals surface area contributed by atoms with Gasteiger partial charge in [0, 0.05) is 12.6 Å². The Morgan fingerprint density at radius 2 is 1.06 bits per heavy atom. The van der Waals surface area contributed by atoms with E-state index in [1.165, 1.54) is 116 Å². The Kier molecular flexibility index (Phi) is 26.9. The normalized spacial score (nSPS) is 13.0. The van der Waals surface area contributed by atoms with Gasteiger partial charge in [-0.05, 0) is 44.9 Å². The fraction of sp³-hybridized carbons (Fsp3) is 0.862. The highest BCUT2D eigenvalue weighted by atomic mass is 16.5. The fourth-order valence-corrected chi connectivity index (χ4v) is 3.87. The van der Waals surface area contributed by atoms with Gasteiger partial charge in [0.25, 0.3) is 0 Å². The predicted octanol–water partition coefficient (Wildman–Crippen LogP) is 9.28. The summed E-state index contributed by atoms with van der Waals surface area (Å²) in [6, 6.07) is 0.234. The van der Waals surface area contributed by atoms with Crippen molar-refractivity contribution in [3.63, 3.8) is 0 Å². The van der Waals surface area contributed by atoms with E-state index in [0.29, 0.717) is 0 Å². The van der Waals surface area contributed by atoms with Gasteiger partial charge in [0.05, 0.1) is 6.61 Å². The van der Waals surface area contributed by atoms with Gasteiger partial charge in [-0.25, -0.2) is 0 Å². The van der Waals surface area contributed by atoms with Gasteiger partial charge < -0.3 is 10.5 Å². The lowest BCUT2D eigenvalue weighted by atomic mass is 10.0. The van der Waals surface area contributed by atoms with Crippen LogP contribution in [0.5, 0.6) is 0 Å². The smallest absolute Gasteiger partial charge is 0.0617 e. The molecule has 0 aliphatic rings. The summed E-state index contributed by atoms with van der Waals surface area (Å²) in [7, 11) is 0. The summed E-state index contributed by atoms with van der Waals surface area (Å²) in [5.41, 5.74) is 6.18. The molecule has 0 fully saturated rings. The van der Waals surface area contributed by atoms with Crippen LogP contribution in [0.25, 0.3) is 0 Å². The van der Waals surface area contributed by atoms with Crippen molar-refractivity contribution in [2.75, 3.05) is 13.2 Å². The van der Waals surface area contributed by atoms with Gasteiger partial charge in [-0.2, -0.15) is 0 Å². The van der Waals surface area contributed by atoms with E-state index in [1.54, 1.807) is 0 Å². The Morgan fingerprint density at radius 1 is 0.581 bits per heavy atom.